The van der Waals surface area contributed by atoms with Crippen LogP contribution in [0.3, 0.4) is 0 Å². The Bertz CT molecular complexity index is 801. The molecule has 3 saturated carbocycles. The molecule has 178 valence electrons. The third-order valence-corrected chi connectivity index (χ3v) is 10.6. The second-order valence-corrected chi connectivity index (χ2v) is 12.0. The first kappa shape index (κ1) is 22.4. The summed E-state index contributed by atoms with van der Waals surface area (Å²) >= 11 is 0. The maximum atomic E-state index is 12.6. The van der Waals surface area contributed by atoms with E-state index in [4.69, 9.17) is 4.74 Å². The number of fused-ring (bicyclic) bond motifs is 5. The number of nitrogens with zero attached hydrogens (tertiary/aromatic N) is 1. The zero-order chi connectivity index (χ0) is 22.7. The van der Waals surface area contributed by atoms with Crippen molar-refractivity contribution in [1.29, 1.82) is 0 Å². The summed E-state index contributed by atoms with van der Waals surface area (Å²) in [5, 5.41) is 10.2. The first-order chi connectivity index (χ1) is 15.2. The van der Waals surface area contributed by atoms with Crippen LogP contribution in [0.4, 0.5) is 0 Å². The highest BCUT2D eigenvalue weighted by Gasteiger charge is 2.59. The van der Waals surface area contributed by atoms with Gasteiger partial charge in [0.2, 0.25) is 0 Å². The molecule has 1 saturated heterocycles. The zero-order valence-corrected chi connectivity index (χ0v) is 20.1. The Kier molecular flexibility index (Phi) is 5.71. The minimum Gasteiger partial charge on any atom is -0.455 e. The lowest BCUT2D eigenvalue weighted by Crippen LogP contribution is -2.51. The van der Waals surface area contributed by atoms with Gasteiger partial charge in [0.1, 0.15) is 6.10 Å². The van der Waals surface area contributed by atoms with Crippen molar-refractivity contribution in [1.82, 2.24) is 4.90 Å². The minimum absolute atomic E-state index is 0.158. The summed E-state index contributed by atoms with van der Waals surface area (Å²) in [6, 6.07) is 0. The van der Waals surface area contributed by atoms with Crippen LogP contribution in [0.15, 0.2) is 11.6 Å². The number of likely N-dealkylation sites (tertiary alicyclic amines) is 1. The van der Waals surface area contributed by atoms with E-state index >= 15 is 0 Å². The lowest BCUT2D eigenvalue weighted by Gasteiger charge is -2.58. The van der Waals surface area contributed by atoms with Crippen molar-refractivity contribution >= 4 is 11.9 Å². The van der Waals surface area contributed by atoms with Gasteiger partial charge in [-0.1, -0.05) is 25.5 Å². The molecule has 4 fully saturated rings. The third-order valence-electron chi connectivity index (χ3n) is 10.6. The van der Waals surface area contributed by atoms with E-state index in [1.54, 1.807) is 4.90 Å². The molecule has 8 atom stereocenters. The Morgan fingerprint density at radius 2 is 1.84 bits per heavy atom. The maximum Gasteiger partial charge on any atom is 0.397 e. The molecular formula is C27H41NO4. The van der Waals surface area contributed by atoms with Crippen LogP contribution in [0, 0.1) is 34.5 Å². The van der Waals surface area contributed by atoms with Gasteiger partial charge in [-0.05, 0) is 99.7 Å². The smallest absolute Gasteiger partial charge is 0.397 e. The predicted molar refractivity (Wildman–Crippen MR) is 123 cm³/mol. The molecule has 0 aromatic rings. The van der Waals surface area contributed by atoms with Crippen molar-refractivity contribution in [2.24, 2.45) is 34.5 Å². The van der Waals surface area contributed by atoms with E-state index in [0.29, 0.717) is 36.8 Å². The van der Waals surface area contributed by atoms with E-state index in [1.807, 2.05) is 6.92 Å². The molecule has 0 spiro atoms. The molecule has 5 nitrogen and oxygen atoms in total. The fraction of sp³-hybridized carbons (Fsp3) is 0.852. The van der Waals surface area contributed by atoms with Crippen LogP contribution in [-0.2, 0) is 14.3 Å². The molecule has 0 radical (unpaired) electrons. The summed E-state index contributed by atoms with van der Waals surface area (Å²) in [6.07, 6.45) is 12.8. The number of rotatable bonds is 2. The number of carbonyl (C=O) groups excluding carboxylic acids is 2. The van der Waals surface area contributed by atoms with Crippen LogP contribution in [0.1, 0.15) is 85.0 Å². The van der Waals surface area contributed by atoms with Crippen LogP contribution in [0.25, 0.3) is 0 Å². The van der Waals surface area contributed by atoms with E-state index in [-0.39, 0.29) is 23.0 Å². The molecule has 1 amide bonds. The van der Waals surface area contributed by atoms with Crippen LogP contribution in [0.2, 0.25) is 0 Å². The Labute approximate surface area is 192 Å². The van der Waals surface area contributed by atoms with Gasteiger partial charge in [0.15, 0.2) is 0 Å². The second kappa shape index (κ2) is 8.14. The number of aliphatic hydroxyl groups is 1. The number of hydrogen-bond donors (Lipinski definition) is 1. The number of esters is 1. The molecule has 5 heteroatoms. The Balaban J connectivity index is 1.29. The van der Waals surface area contributed by atoms with Crippen molar-refractivity contribution in [2.45, 2.75) is 97.2 Å². The molecule has 5 rings (SSSR count). The van der Waals surface area contributed by atoms with Crippen molar-refractivity contribution in [2.75, 3.05) is 13.1 Å². The number of ether oxygens (including phenoxy) is 1. The number of hydrogen-bond acceptors (Lipinski definition) is 4. The molecule has 5 aliphatic rings. The molecular weight excluding hydrogens is 402 g/mol. The largest absolute Gasteiger partial charge is 0.455 e. The molecule has 0 bridgehead atoms. The quantitative estimate of drug-likeness (QED) is 0.388. The van der Waals surface area contributed by atoms with Crippen molar-refractivity contribution in [3.63, 3.8) is 0 Å². The highest BCUT2D eigenvalue weighted by Crippen LogP contribution is 2.66. The van der Waals surface area contributed by atoms with Gasteiger partial charge in [-0.2, -0.15) is 0 Å². The third kappa shape index (κ3) is 3.45. The van der Waals surface area contributed by atoms with Gasteiger partial charge in [0.25, 0.3) is 0 Å². The van der Waals surface area contributed by atoms with Gasteiger partial charge in [-0.25, -0.2) is 4.79 Å². The van der Waals surface area contributed by atoms with Crippen molar-refractivity contribution < 1.29 is 19.4 Å². The molecule has 32 heavy (non-hydrogen) atoms. The van der Waals surface area contributed by atoms with Crippen molar-refractivity contribution in [3.8, 4) is 0 Å². The summed E-state index contributed by atoms with van der Waals surface area (Å²) in [5.74, 6) is 1.28. The second-order valence-electron chi connectivity index (χ2n) is 12.0. The number of allylic oxidation sites excluding steroid dienone is 1. The Morgan fingerprint density at radius 1 is 1.09 bits per heavy atom. The topological polar surface area (TPSA) is 66.8 Å². The lowest BCUT2D eigenvalue weighted by atomic mass is 9.47. The van der Waals surface area contributed by atoms with E-state index in [1.165, 1.54) is 24.8 Å². The SMILES string of the molecule is CC(OC(=O)C(=O)N1CCCC1)[C@H]1CC[C@H]2[C@@H]3CC=C4C[C@@H](O)CC[C@]4(C)[C@H]3CC[C@]12C. The van der Waals surface area contributed by atoms with Gasteiger partial charge < -0.3 is 14.7 Å². The van der Waals surface area contributed by atoms with Gasteiger partial charge in [0, 0.05) is 19.0 Å². The summed E-state index contributed by atoms with van der Waals surface area (Å²) in [6.45, 7) is 8.28. The average Bonchev–Trinajstić information content (AvgIpc) is 3.41. The highest BCUT2D eigenvalue weighted by atomic mass is 16.5. The summed E-state index contributed by atoms with van der Waals surface area (Å²) in [4.78, 5) is 26.7. The molecule has 1 heterocycles. The van der Waals surface area contributed by atoms with Gasteiger partial charge in [-0.15, -0.1) is 0 Å². The summed E-state index contributed by atoms with van der Waals surface area (Å²) in [5.41, 5.74) is 1.94. The van der Waals surface area contributed by atoms with Crippen LogP contribution < -0.4 is 0 Å². The van der Waals surface area contributed by atoms with E-state index in [9.17, 15) is 14.7 Å². The number of carbonyl (C=O) groups is 2. The van der Waals surface area contributed by atoms with Crippen LogP contribution in [-0.4, -0.2) is 47.2 Å². The Morgan fingerprint density at radius 3 is 2.59 bits per heavy atom. The van der Waals surface area contributed by atoms with E-state index < -0.39 is 11.9 Å². The maximum absolute atomic E-state index is 12.6. The standard InChI is InChI=1S/C27H41NO4/c1-17(32-25(31)24(30)28-14-4-5-15-28)21-8-9-22-20-7-6-18-16-19(29)10-12-26(18,2)23(20)11-13-27(21,22)3/h6,17,19-23,29H,4-5,7-16H2,1-3H3/t17?,19-,20-,21+,22-,23-,26-,27+/m0/s1. The molecule has 4 aliphatic carbocycles. The predicted octanol–water partition coefficient (Wildman–Crippen LogP) is 4.48. The Hall–Kier alpha value is -1.36. The summed E-state index contributed by atoms with van der Waals surface area (Å²) < 4.78 is 5.81. The van der Waals surface area contributed by atoms with Crippen LogP contribution >= 0.6 is 0 Å². The van der Waals surface area contributed by atoms with E-state index in [0.717, 1.165) is 44.9 Å². The fourth-order valence-corrected chi connectivity index (χ4v) is 8.80. The molecule has 1 aliphatic heterocycles. The highest BCUT2D eigenvalue weighted by molar-refractivity contribution is 6.32. The molecule has 1 N–H and O–H groups in total. The van der Waals surface area contributed by atoms with Crippen molar-refractivity contribution in [3.05, 3.63) is 11.6 Å². The number of aliphatic hydroxyl groups excluding tert-OH is 1. The minimum atomic E-state index is -0.654. The zero-order valence-electron chi connectivity index (χ0n) is 20.1. The lowest BCUT2D eigenvalue weighted by molar-refractivity contribution is -0.167. The normalized spacial score (nSPS) is 44.2. The molecule has 0 aromatic carbocycles. The first-order valence-corrected chi connectivity index (χ1v) is 13.1. The fourth-order valence-electron chi connectivity index (χ4n) is 8.80. The first-order valence-electron chi connectivity index (χ1n) is 13.1. The summed E-state index contributed by atoms with van der Waals surface area (Å²) in [7, 11) is 0. The molecule has 1 unspecified atom stereocenters. The van der Waals surface area contributed by atoms with Gasteiger partial charge >= 0.3 is 11.9 Å². The van der Waals surface area contributed by atoms with Gasteiger partial charge in [0.05, 0.1) is 6.10 Å². The van der Waals surface area contributed by atoms with Crippen LogP contribution in [0.5, 0.6) is 0 Å². The van der Waals surface area contributed by atoms with E-state index in [2.05, 4.69) is 19.9 Å². The molecule has 0 aromatic heterocycles. The van der Waals surface area contributed by atoms with Gasteiger partial charge in [-0.3, -0.25) is 4.79 Å². The number of amides is 1. The average molecular weight is 444 g/mol. The monoisotopic (exact) mass is 443 g/mol.